The summed E-state index contributed by atoms with van der Waals surface area (Å²) in [6.07, 6.45) is 1.49. The minimum absolute atomic E-state index is 0.159. The van der Waals surface area contributed by atoms with Crippen LogP contribution in [0.25, 0.3) is 5.69 Å². The van der Waals surface area contributed by atoms with Gasteiger partial charge in [0.05, 0.1) is 21.8 Å². The van der Waals surface area contributed by atoms with Crippen molar-refractivity contribution in [2.24, 2.45) is 0 Å². The molecule has 29 heavy (non-hydrogen) atoms. The van der Waals surface area contributed by atoms with Crippen LogP contribution in [-0.4, -0.2) is 31.3 Å². The summed E-state index contributed by atoms with van der Waals surface area (Å²) in [7, 11) is 0. The fraction of sp³-hybridized carbons (Fsp3) is 0.158. The molecule has 1 N–H and O–H groups in total. The first kappa shape index (κ1) is 20.2. The molecule has 148 valence electrons. The smallest absolute Gasteiger partial charge is 0.294 e. The lowest BCUT2D eigenvalue weighted by atomic mass is 10.2. The number of rotatable bonds is 6. The second kappa shape index (κ2) is 8.65. The molecule has 0 radical (unpaired) electrons. The lowest BCUT2D eigenvalue weighted by molar-refractivity contribution is -0.384. The largest absolute Gasteiger partial charge is 0.319 e. The third-order valence-electron chi connectivity index (χ3n) is 3.92. The van der Waals surface area contributed by atoms with Gasteiger partial charge in [0.25, 0.3) is 11.6 Å². The van der Waals surface area contributed by atoms with E-state index in [0.29, 0.717) is 11.4 Å². The van der Waals surface area contributed by atoms with Crippen molar-refractivity contribution >= 4 is 29.0 Å². The van der Waals surface area contributed by atoms with Crippen LogP contribution in [-0.2, 0) is 0 Å². The highest BCUT2D eigenvalue weighted by molar-refractivity contribution is 7.99. The van der Waals surface area contributed by atoms with Gasteiger partial charge in [-0.25, -0.2) is 9.67 Å². The van der Waals surface area contributed by atoms with Crippen molar-refractivity contribution in [2.45, 2.75) is 18.9 Å². The zero-order chi connectivity index (χ0) is 21.0. The van der Waals surface area contributed by atoms with Crippen LogP contribution in [0.1, 0.15) is 23.1 Å². The Hall–Kier alpha value is -3.53. The zero-order valence-corrected chi connectivity index (χ0v) is 16.5. The van der Waals surface area contributed by atoms with E-state index in [9.17, 15) is 19.7 Å². The van der Waals surface area contributed by atoms with Crippen LogP contribution in [0.15, 0.2) is 58.5 Å². The molecule has 0 spiro atoms. The number of aromatic nitrogens is 3. The highest BCUT2D eigenvalue weighted by atomic mass is 32.2. The molecule has 0 fully saturated rings. The van der Waals surface area contributed by atoms with Gasteiger partial charge in [-0.05, 0) is 30.9 Å². The van der Waals surface area contributed by atoms with Crippen LogP contribution in [0, 0.1) is 17.0 Å². The Bertz CT molecular complexity index is 1130. The van der Waals surface area contributed by atoms with Gasteiger partial charge in [0, 0.05) is 17.8 Å². The van der Waals surface area contributed by atoms with E-state index in [2.05, 4.69) is 15.4 Å². The van der Waals surface area contributed by atoms with Gasteiger partial charge in [-0.3, -0.25) is 19.7 Å². The summed E-state index contributed by atoms with van der Waals surface area (Å²) in [4.78, 5) is 39.9. The monoisotopic (exact) mass is 411 g/mol. The normalized spacial score (nSPS) is 10.6. The molecule has 0 atom stereocenters. The average molecular weight is 411 g/mol. The summed E-state index contributed by atoms with van der Waals surface area (Å²) in [5, 5.41) is 18.8. The zero-order valence-electron chi connectivity index (χ0n) is 15.7. The molecule has 10 heteroatoms. The van der Waals surface area contributed by atoms with Crippen LogP contribution in [0.3, 0.4) is 0 Å². The molecule has 0 saturated carbocycles. The van der Waals surface area contributed by atoms with Gasteiger partial charge in [-0.1, -0.05) is 19.1 Å². The first-order valence-corrected chi connectivity index (χ1v) is 9.64. The number of nitro groups is 1. The fourth-order valence-electron chi connectivity index (χ4n) is 2.62. The number of thioether (sulfide) groups is 1. The first-order valence-electron chi connectivity index (χ1n) is 8.65. The van der Waals surface area contributed by atoms with E-state index in [4.69, 9.17) is 0 Å². The summed E-state index contributed by atoms with van der Waals surface area (Å²) in [6, 6.07) is 10.6. The molecule has 0 saturated heterocycles. The molecular weight excluding hydrogens is 394 g/mol. The minimum Gasteiger partial charge on any atom is -0.319 e. The molecule has 0 bridgehead atoms. The number of benzene rings is 1. The second-order valence-corrected chi connectivity index (χ2v) is 7.21. The van der Waals surface area contributed by atoms with Gasteiger partial charge in [0.1, 0.15) is 5.69 Å². The van der Waals surface area contributed by atoms with Gasteiger partial charge >= 0.3 is 0 Å². The van der Waals surface area contributed by atoms with Gasteiger partial charge in [-0.2, -0.15) is 5.10 Å². The van der Waals surface area contributed by atoms with Gasteiger partial charge in [-0.15, -0.1) is 11.8 Å². The summed E-state index contributed by atoms with van der Waals surface area (Å²) < 4.78 is 1.22. The average Bonchev–Trinajstić information content (AvgIpc) is 2.69. The lowest BCUT2D eigenvalue weighted by Crippen LogP contribution is -2.27. The SMILES string of the molecule is CCSc1ccc(NC(=O)c2nn(-c3ccccc3[N+](=O)[O-])c(C)cc2=O)cn1. The van der Waals surface area contributed by atoms with Crippen molar-refractivity contribution in [1.82, 2.24) is 14.8 Å². The number of nitrogens with zero attached hydrogens (tertiary/aromatic N) is 4. The van der Waals surface area contributed by atoms with Crippen LogP contribution in [0.2, 0.25) is 0 Å². The van der Waals surface area contributed by atoms with E-state index in [-0.39, 0.29) is 17.1 Å². The third-order valence-corrected chi connectivity index (χ3v) is 4.74. The summed E-state index contributed by atoms with van der Waals surface area (Å²) in [5.74, 6) is 0.150. The fourth-order valence-corrected chi connectivity index (χ4v) is 3.21. The number of nitro benzene ring substituents is 1. The Morgan fingerprint density at radius 3 is 2.69 bits per heavy atom. The van der Waals surface area contributed by atoms with Crippen molar-refractivity contribution in [1.29, 1.82) is 0 Å². The lowest BCUT2D eigenvalue weighted by Gasteiger charge is -2.11. The number of hydrogen-bond acceptors (Lipinski definition) is 7. The second-order valence-electron chi connectivity index (χ2n) is 5.93. The molecule has 1 aromatic carbocycles. The molecule has 0 aliphatic rings. The van der Waals surface area contributed by atoms with E-state index in [1.165, 1.54) is 35.1 Å². The van der Waals surface area contributed by atoms with Crippen LogP contribution in [0.4, 0.5) is 11.4 Å². The molecule has 0 aliphatic carbocycles. The predicted molar refractivity (Wildman–Crippen MR) is 110 cm³/mol. The number of carbonyl (C=O) groups is 1. The molecule has 2 aromatic heterocycles. The third kappa shape index (κ3) is 4.49. The van der Waals surface area contributed by atoms with Crippen molar-refractivity contribution < 1.29 is 9.72 Å². The van der Waals surface area contributed by atoms with Crippen LogP contribution < -0.4 is 10.7 Å². The van der Waals surface area contributed by atoms with Crippen LogP contribution in [0.5, 0.6) is 0 Å². The van der Waals surface area contributed by atoms with E-state index >= 15 is 0 Å². The van der Waals surface area contributed by atoms with Crippen molar-refractivity contribution in [2.75, 3.05) is 11.1 Å². The maximum atomic E-state index is 12.6. The number of nitrogens with one attached hydrogen (secondary N) is 1. The Morgan fingerprint density at radius 1 is 1.28 bits per heavy atom. The molecular formula is C19H17N5O4S. The van der Waals surface area contributed by atoms with Gasteiger partial charge < -0.3 is 5.32 Å². The maximum absolute atomic E-state index is 12.6. The molecule has 9 nitrogen and oxygen atoms in total. The number of carbonyl (C=O) groups excluding carboxylic acids is 1. The van der Waals surface area contributed by atoms with E-state index in [0.717, 1.165) is 10.8 Å². The minimum atomic E-state index is -0.722. The van der Waals surface area contributed by atoms with E-state index in [1.54, 1.807) is 36.9 Å². The molecule has 0 unspecified atom stereocenters. The van der Waals surface area contributed by atoms with Gasteiger partial charge in [0.2, 0.25) is 5.43 Å². The number of anilines is 1. The molecule has 3 rings (SSSR count). The van der Waals surface area contributed by atoms with Gasteiger partial charge in [0.15, 0.2) is 5.69 Å². The Labute approximate surface area is 169 Å². The summed E-state index contributed by atoms with van der Waals surface area (Å²) >= 11 is 1.56. The van der Waals surface area contributed by atoms with Crippen molar-refractivity contribution in [3.63, 3.8) is 0 Å². The van der Waals surface area contributed by atoms with Crippen molar-refractivity contribution in [3.8, 4) is 5.69 Å². The number of para-hydroxylation sites is 2. The van der Waals surface area contributed by atoms with E-state index < -0.39 is 16.3 Å². The highest BCUT2D eigenvalue weighted by Crippen LogP contribution is 2.22. The summed E-state index contributed by atoms with van der Waals surface area (Å²) in [6.45, 7) is 3.59. The molecule has 3 aromatic rings. The number of pyridine rings is 1. The Kier molecular flexibility index (Phi) is 6.03. The number of aryl methyl sites for hydroxylation is 1. The quantitative estimate of drug-likeness (QED) is 0.376. The number of hydrogen-bond donors (Lipinski definition) is 1. The topological polar surface area (TPSA) is 120 Å². The van der Waals surface area contributed by atoms with E-state index in [1.807, 2.05) is 6.92 Å². The number of amides is 1. The summed E-state index contributed by atoms with van der Waals surface area (Å²) in [5.41, 5.74) is -0.211. The maximum Gasteiger partial charge on any atom is 0.294 e. The van der Waals surface area contributed by atoms with Crippen LogP contribution >= 0.6 is 11.8 Å². The standard InChI is InChI=1S/C19H17N5O4S/c1-3-29-17-9-8-13(11-20-17)21-19(26)18-16(25)10-12(2)23(22-18)14-6-4-5-7-15(14)24(27)28/h4-11H,3H2,1-2H3,(H,21,26). The molecule has 0 aliphatic heterocycles. The Balaban J connectivity index is 1.96. The molecule has 2 heterocycles. The highest BCUT2D eigenvalue weighted by Gasteiger charge is 2.20. The Morgan fingerprint density at radius 2 is 2.03 bits per heavy atom. The predicted octanol–water partition coefficient (Wildman–Crippen LogP) is 3.21. The first-order chi connectivity index (χ1) is 13.9. The van der Waals surface area contributed by atoms with Crippen molar-refractivity contribution in [3.05, 3.63) is 80.4 Å². The molecule has 1 amide bonds.